The van der Waals surface area contributed by atoms with E-state index >= 15 is 0 Å². The third-order valence-corrected chi connectivity index (χ3v) is 4.05. The van der Waals surface area contributed by atoms with Crippen molar-refractivity contribution in [3.8, 4) is 0 Å². The third-order valence-electron chi connectivity index (χ3n) is 4.05. The molecule has 2 atom stereocenters. The fourth-order valence-corrected chi connectivity index (χ4v) is 1.65. The average molecular weight is 491 g/mol. The topological polar surface area (TPSA) is 219 Å². The standard InChI is InChI=1S/2C9H17NO5.Mn/c2*1-9(2,5-11)7(14)8(15)10-4-3-6(12)13;/h2*7,11,14H,3-5H2,1-2H3,(H,10,15)(H,12,13);/q;;+2/p-2/t2*7-;/m00./s1. The minimum atomic E-state index is -1.37. The molecule has 0 saturated heterocycles. The van der Waals surface area contributed by atoms with Gasteiger partial charge in [-0.1, -0.05) is 27.7 Å². The van der Waals surface area contributed by atoms with Gasteiger partial charge < -0.3 is 50.9 Å². The Morgan fingerprint density at radius 2 is 1.00 bits per heavy atom. The normalized spacial score (nSPS) is 12.9. The maximum atomic E-state index is 11.2. The molecule has 0 fully saturated rings. The fourth-order valence-electron chi connectivity index (χ4n) is 1.65. The summed E-state index contributed by atoms with van der Waals surface area (Å²) in [6, 6.07) is 0. The van der Waals surface area contributed by atoms with Gasteiger partial charge in [0.15, 0.2) is 0 Å². The molecule has 6 N–H and O–H groups in total. The van der Waals surface area contributed by atoms with Crippen molar-refractivity contribution in [1.82, 2.24) is 10.6 Å². The first kappa shape index (κ1) is 33.9. The van der Waals surface area contributed by atoms with E-state index in [0.717, 1.165) is 0 Å². The number of hydrogen-bond acceptors (Lipinski definition) is 10. The summed E-state index contributed by atoms with van der Waals surface area (Å²) >= 11 is 0. The van der Waals surface area contributed by atoms with E-state index in [-0.39, 0.29) is 56.2 Å². The molecule has 31 heavy (non-hydrogen) atoms. The minimum absolute atomic E-state index is 0. The number of rotatable bonds is 12. The van der Waals surface area contributed by atoms with Crippen molar-refractivity contribution in [1.29, 1.82) is 0 Å². The van der Waals surface area contributed by atoms with Crippen molar-refractivity contribution in [3.05, 3.63) is 0 Å². The van der Waals surface area contributed by atoms with Crippen molar-refractivity contribution in [2.75, 3.05) is 26.3 Å². The van der Waals surface area contributed by atoms with Gasteiger partial charge in [-0.05, 0) is 0 Å². The molecule has 0 aromatic rings. The SMILES string of the molecule is CC(C)(CO)[C@@H](O)C(=O)NCCC(=O)[O-].CC(C)(CO)[C@@H](O)C(=O)NCCC(=O)[O-].[Mn+2]. The van der Waals surface area contributed by atoms with Crippen molar-refractivity contribution < 1.29 is 66.9 Å². The van der Waals surface area contributed by atoms with Gasteiger partial charge in [0.25, 0.3) is 0 Å². The van der Waals surface area contributed by atoms with Crippen molar-refractivity contribution in [2.24, 2.45) is 10.8 Å². The molecule has 0 aliphatic heterocycles. The summed E-state index contributed by atoms with van der Waals surface area (Å²) in [6.45, 7) is 5.21. The molecule has 1 radical (unpaired) electrons. The molecule has 0 aliphatic rings. The second-order valence-electron chi connectivity index (χ2n) is 7.92. The molecular formula is C18H32MnN2O10. The Hall–Kier alpha value is -1.76. The molecule has 2 amide bonds. The number of carboxylic acid groups (broad SMARTS) is 2. The van der Waals surface area contributed by atoms with E-state index in [2.05, 4.69) is 10.6 Å². The molecule has 0 unspecified atom stereocenters. The summed E-state index contributed by atoms with van der Waals surface area (Å²) < 4.78 is 0. The molecule has 0 heterocycles. The van der Waals surface area contributed by atoms with E-state index in [1.165, 1.54) is 27.7 Å². The number of aliphatic hydroxyl groups is 4. The zero-order chi connectivity index (χ0) is 24.1. The molecule has 181 valence electrons. The number of nitrogens with one attached hydrogen (secondary N) is 2. The molecule has 0 saturated carbocycles. The Balaban J connectivity index is -0.000000490. The Morgan fingerprint density at radius 1 is 0.742 bits per heavy atom. The molecule has 0 aliphatic carbocycles. The van der Waals surface area contributed by atoms with Gasteiger partial charge in [0.2, 0.25) is 11.8 Å². The van der Waals surface area contributed by atoms with Gasteiger partial charge >= 0.3 is 17.1 Å². The van der Waals surface area contributed by atoms with E-state index in [0.29, 0.717) is 0 Å². The second-order valence-corrected chi connectivity index (χ2v) is 7.92. The molecule has 12 nitrogen and oxygen atoms in total. The summed E-state index contributed by atoms with van der Waals surface area (Å²) in [7, 11) is 0. The molecule has 0 aromatic carbocycles. The van der Waals surface area contributed by atoms with E-state index in [1.54, 1.807) is 0 Å². The minimum Gasteiger partial charge on any atom is -0.550 e. The van der Waals surface area contributed by atoms with Crippen LogP contribution >= 0.6 is 0 Å². The summed E-state index contributed by atoms with van der Waals surface area (Å²) in [6.07, 6.45) is -3.36. The Kier molecular flexibility index (Phi) is 17.4. The van der Waals surface area contributed by atoms with Gasteiger partial charge in [0, 0.05) is 48.7 Å². The Morgan fingerprint density at radius 3 is 1.19 bits per heavy atom. The number of aliphatic hydroxyl groups excluding tert-OH is 4. The number of carbonyl (C=O) groups excluding carboxylic acids is 4. The van der Waals surface area contributed by atoms with Crippen LogP contribution in [0.15, 0.2) is 0 Å². The van der Waals surface area contributed by atoms with Crippen LogP contribution in [0.25, 0.3) is 0 Å². The van der Waals surface area contributed by atoms with Gasteiger partial charge in [0.1, 0.15) is 12.2 Å². The molecule has 0 bridgehead atoms. The first-order chi connectivity index (χ1) is 13.6. The average Bonchev–Trinajstić information content (AvgIpc) is 2.66. The van der Waals surface area contributed by atoms with Crippen molar-refractivity contribution in [2.45, 2.75) is 52.7 Å². The van der Waals surface area contributed by atoms with E-state index in [1.807, 2.05) is 0 Å². The maximum absolute atomic E-state index is 11.2. The maximum Gasteiger partial charge on any atom is 2.00 e. The fraction of sp³-hybridized carbons (Fsp3) is 0.778. The summed E-state index contributed by atoms with van der Waals surface area (Å²) in [5, 5.41) is 61.3. The van der Waals surface area contributed by atoms with Crippen LogP contribution in [0.1, 0.15) is 40.5 Å². The van der Waals surface area contributed by atoms with Crippen LogP contribution < -0.4 is 20.8 Å². The quantitative estimate of drug-likeness (QED) is 0.143. The van der Waals surface area contributed by atoms with Crippen LogP contribution in [0.2, 0.25) is 0 Å². The van der Waals surface area contributed by atoms with Crippen LogP contribution in [0.5, 0.6) is 0 Å². The molecule has 13 heteroatoms. The molecular weight excluding hydrogens is 459 g/mol. The van der Waals surface area contributed by atoms with Gasteiger partial charge in [-0.3, -0.25) is 9.59 Å². The molecule has 0 rings (SSSR count). The number of amides is 2. The largest absolute Gasteiger partial charge is 2.00 e. The number of carbonyl (C=O) groups is 4. The molecule has 0 aromatic heterocycles. The Labute approximate surface area is 191 Å². The summed E-state index contributed by atoms with van der Waals surface area (Å²) in [4.78, 5) is 42.6. The van der Waals surface area contributed by atoms with Crippen LogP contribution in [0, 0.1) is 10.8 Å². The zero-order valence-electron chi connectivity index (χ0n) is 18.0. The van der Waals surface area contributed by atoms with Crippen molar-refractivity contribution >= 4 is 23.8 Å². The summed E-state index contributed by atoms with van der Waals surface area (Å²) in [5.41, 5.74) is -1.91. The first-order valence-electron chi connectivity index (χ1n) is 9.15. The van der Waals surface area contributed by atoms with Crippen molar-refractivity contribution in [3.63, 3.8) is 0 Å². The monoisotopic (exact) mass is 491 g/mol. The predicted molar refractivity (Wildman–Crippen MR) is 99.0 cm³/mol. The Bertz CT molecular complexity index is 534. The summed E-state index contributed by atoms with van der Waals surface area (Å²) in [5.74, 6) is -3.94. The van der Waals surface area contributed by atoms with Crippen LogP contribution in [-0.2, 0) is 36.2 Å². The van der Waals surface area contributed by atoms with Crippen LogP contribution in [0.4, 0.5) is 0 Å². The number of aliphatic carboxylic acids is 2. The zero-order valence-corrected chi connectivity index (χ0v) is 19.2. The number of hydrogen-bond donors (Lipinski definition) is 6. The smallest absolute Gasteiger partial charge is 0.550 e. The van der Waals surface area contributed by atoms with E-state index < -0.39 is 46.8 Å². The van der Waals surface area contributed by atoms with Crippen LogP contribution in [-0.4, -0.2) is 82.7 Å². The second kappa shape index (κ2) is 16.0. The van der Waals surface area contributed by atoms with Gasteiger partial charge in [0.05, 0.1) is 13.2 Å². The third kappa shape index (κ3) is 14.8. The van der Waals surface area contributed by atoms with Gasteiger partial charge in [-0.25, -0.2) is 0 Å². The van der Waals surface area contributed by atoms with E-state index in [9.17, 15) is 39.6 Å². The van der Waals surface area contributed by atoms with E-state index in [4.69, 9.17) is 10.2 Å². The van der Waals surface area contributed by atoms with Crippen LogP contribution in [0.3, 0.4) is 0 Å². The molecule has 0 spiro atoms. The predicted octanol–water partition coefficient (Wildman–Crippen LogP) is -4.76. The van der Waals surface area contributed by atoms with Gasteiger partial charge in [-0.2, -0.15) is 0 Å². The van der Waals surface area contributed by atoms with Gasteiger partial charge in [-0.15, -0.1) is 0 Å². The number of carboxylic acids is 2. The first-order valence-corrected chi connectivity index (χ1v) is 9.15.